The van der Waals surface area contributed by atoms with Crippen molar-refractivity contribution in [3.8, 4) is 0 Å². The zero-order valence-electron chi connectivity index (χ0n) is 13.5. The van der Waals surface area contributed by atoms with Crippen molar-refractivity contribution in [3.05, 3.63) is 28.2 Å². The summed E-state index contributed by atoms with van der Waals surface area (Å²) in [6, 6.07) is 4.43. The van der Waals surface area contributed by atoms with E-state index in [9.17, 15) is 13.2 Å². The van der Waals surface area contributed by atoms with Gasteiger partial charge in [-0.15, -0.1) is 12.4 Å². The molecule has 140 valence electrons. The molecule has 1 aromatic carbocycles. The summed E-state index contributed by atoms with van der Waals surface area (Å²) in [7, 11) is -3.72. The van der Waals surface area contributed by atoms with E-state index >= 15 is 0 Å². The molecule has 2 fully saturated rings. The van der Waals surface area contributed by atoms with Crippen LogP contribution < -0.4 is 5.32 Å². The van der Waals surface area contributed by atoms with Crippen molar-refractivity contribution in [2.24, 2.45) is 0 Å². The Morgan fingerprint density at radius 1 is 1.16 bits per heavy atom. The number of rotatable bonds is 3. The Kier molecular flexibility index (Phi) is 6.98. The first-order chi connectivity index (χ1) is 11.4. The van der Waals surface area contributed by atoms with E-state index in [0.717, 1.165) is 19.4 Å². The van der Waals surface area contributed by atoms with E-state index in [0.29, 0.717) is 13.1 Å². The van der Waals surface area contributed by atoms with E-state index in [1.165, 1.54) is 10.4 Å². The van der Waals surface area contributed by atoms with E-state index in [1.807, 2.05) is 0 Å². The van der Waals surface area contributed by atoms with Gasteiger partial charge in [0.2, 0.25) is 15.9 Å². The Hall–Kier alpha value is -0.570. The minimum Gasteiger partial charge on any atom is -0.339 e. The highest BCUT2D eigenvalue weighted by molar-refractivity contribution is 7.89. The van der Waals surface area contributed by atoms with Crippen LogP contribution in [-0.2, 0) is 14.8 Å². The van der Waals surface area contributed by atoms with Crippen LogP contribution in [0.2, 0.25) is 10.0 Å². The highest BCUT2D eigenvalue weighted by atomic mass is 35.5. The largest absolute Gasteiger partial charge is 0.339 e. The quantitative estimate of drug-likeness (QED) is 0.799. The fourth-order valence-corrected chi connectivity index (χ4v) is 5.25. The second kappa shape index (κ2) is 8.41. The van der Waals surface area contributed by atoms with Gasteiger partial charge in [0.25, 0.3) is 0 Å². The van der Waals surface area contributed by atoms with E-state index in [-0.39, 0.29) is 52.4 Å². The molecule has 1 N–H and O–H groups in total. The molecular formula is C15H20Cl3N3O3S. The van der Waals surface area contributed by atoms with Gasteiger partial charge in [0, 0.05) is 26.2 Å². The lowest BCUT2D eigenvalue weighted by molar-refractivity contribution is -0.134. The highest BCUT2D eigenvalue weighted by Gasteiger charge is 2.34. The summed E-state index contributed by atoms with van der Waals surface area (Å²) in [5.41, 5.74) is 0. The maximum atomic E-state index is 12.8. The topological polar surface area (TPSA) is 69.7 Å². The predicted molar refractivity (Wildman–Crippen MR) is 100 cm³/mol. The summed E-state index contributed by atoms with van der Waals surface area (Å²) >= 11 is 12.0. The number of amides is 1. The molecule has 0 aromatic heterocycles. The number of nitrogens with zero attached hydrogens (tertiary/aromatic N) is 2. The lowest BCUT2D eigenvalue weighted by Gasteiger charge is -2.35. The Bertz CT molecular complexity index is 731. The molecule has 1 aromatic rings. The minimum absolute atomic E-state index is 0. The summed E-state index contributed by atoms with van der Waals surface area (Å²) < 4.78 is 26.9. The average Bonchev–Trinajstić information content (AvgIpc) is 3.11. The third-order valence-electron chi connectivity index (χ3n) is 4.44. The standard InChI is InChI=1S/C15H19Cl2N3O3S.ClH/c16-11-3-1-5-13(14(11)17)24(22,23)20-9-7-19(8-10-20)15(21)12-4-2-6-18-12;/h1,3,5,12,18H,2,4,6-10H2;1H. The van der Waals surface area contributed by atoms with Gasteiger partial charge in [0.05, 0.1) is 16.1 Å². The molecule has 0 spiro atoms. The molecule has 1 unspecified atom stereocenters. The molecule has 0 aliphatic carbocycles. The zero-order chi connectivity index (χ0) is 17.3. The van der Waals surface area contributed by atoms with Crippen LogP contribution in [0.4, 0.5) is 0 Å². The number of hydrogen-bond acceptors (Lipinski definition) is 4. The van der Waals surface area contributed by atoms with E-state index in [2.05, 4.69) is 5.32 Å². The van der Waals surface area contributed by atoms with E-state index < -0.39 is 10.0 Å². The number of carbonyl (C=O) groups is 1. The van der Waals surface area contributed by atoms with Gasteiger partial charge in [0.1, 0.15) is 4.90 Å². The van der Waals surface area contributed by atoms with Crippen molar-refractivity contribution >= 4 is 51.5 Å². The summed E-state index contributed by atoms with van der Waals surface area (Å²) in [6.07, 6.45) is 1.84. The van der Waals surface area contributed by atoms with Crippen molar-refractivity contribution < 1.29 is 13.2 Å². The van der Waals surface area contributed by atoms with Gasteiger partial charge in [-0.3, -0.25) is 4.79 Å². The van der Waals surface area contributed by atoms with Crippen LogP contribution in [-0.4, -0.2) is 62.3 Å². The first kappa shape index (κ1) is 20.7. The monoisotopic (exact) mass is 427 g/mol. The van der Waals surface area contributed by atoms with E-state index in [4.69, 9.17) is 23.2 Å². The van der Waals surface area contributed by atoms with Crippen LogP contribution in [0.5, 0.6) is 0 Å². The summed E-state index contributed by atoms with van der Waals surface area (Å²) in [5.74, 6) is 0.0605. The molecule has 0 bridgehead atoms. The molecule has 0 radical (unpaired) electrons. The number of sulfonamides is 1. The van der Waals surface area contributed by atoms with Gasteiger partial charge in [-0.05, 0) is 31.5 Å². The number of nitrogens with one attached hydrogen (secondary N) is 1. The molecule has 2 saturated heterocycles. The smallest absolute Gasteiger partial charge is 0.244 e. The van der Waals surface area contributed by atoms with Gasteiger partial charge in [-0.2, -0.15) is 4.31 Å². The maximum absolute atomic E-state index is 12.8. The maximum Gasteiger partial charge on any atom is 0.244 e. The minimum atomic E-state index is -3.72. The molecule has 2 aliphatic heterocycles. The van der Waals surface area contributed by atoms with Crippen molar-refractivity contribution in [1.82, 2.24) is 14.5 Å². The normalized spacial score (nSPS) is 21.8. The average molecular weight is 429 g/mol. The molecule has 2 aliphatic rings. The summed E-state index contributed by atoms with van der Waals surface area (Å²) in [6.45, 7) is 2.13. The van der Waals surface area contributed by atoms with Crippen molar-refractivity contribution in [3.63, 3.8) is 0 Å². The number of carbonyl (C=O) groups excluding carboxylic acids is 1. The van der Waals surface area contributed by atoms with Crippen LogP contribution in [0.25, 0.3) is 0 Å². The summed E-state index contributed by atoms with van der Waals surface area (Å²) in [4.78, 5) is 14.1. The fourth-order valence-electron chi connectivity index (χ4n) is 3.09. The van der Waals surface area contributed by atoms with Crippen molar-refractivity contribution in [2.75, 3.05) is 32.7 Å². The van der Waals surface area contributed by atoms with Crippen molar-refractivity contribution in [1.29, 1.82) is 0 Å². The van der Waals surface area contributed by atoms with Gasteiger partial charge in [-0.1, -0.05) is 29.3 Å². The number of piperazine rings is 1. The lowest BCUT2D eigenvalue weighted by atomic mass is 10.2. The summed E-state index contributed by atoms with van der Waals surface area (Å²) in [5, 5.41) is 3.42. The second-order valence-electron chi connectivity index (χ2n) is 5.93. The Morgan fingerprint density at radius 2 is 1.84 bits per heavy atom. The van der Waals surface area contributed by atoms with Crippen LogP contribution in [0, 0.1) is 0 Å². The number of halogens is 3. The van der Waals surface area contributed by atoms with Gasteiger partial charge in [-0.25, -0.2) is 8.42 Å². The molecule has 6 nitrogen and oxygen atoms in total. The van der Waals surface area contributed by atoms with Crippen LogP contribution >= 0.6 is 35.6 Å². The second-order valence-corrected chi connectivity index (χ2v) is 8.62. The van der Waals surface area contributed by atoms with Gasteiger partial charge < -0.3 is 10.2 Å². The van der Waals surface area contributed by atoms with Gasteiger partial charge in [0.15, 0.2) is 0 Å². The Balaban J connectivity index is 0.00000225. The molecular weight excluding hydrogens is 409 g/mol. The Morgan fingerprint density at radius 3 is 2.44 bits per heavy atom. The Labute approximate surface area is 163 Å². The SMILES string of the molecule is Cl.O=C(C1CCCN1)N1CCN(S(=O)(=O)c2cccc(Cl)c2Cl)CC1. The number of hydrogen-bond donors (Lipinski definition) is 1. The predicted octanol–water partition coefficient (Wildman–Crippen LogP) is 2.00. The molecule has 10 heteroatoms. The molecule has 2 heterocycles. The lowest BCUT2D eigenvalue weighted by Crippen LogP contribution is -2.54. The molecule has 1 amide bonds. The first-order valence-corrected chi connectivity index (χ1v) is 10.1. The van der Waals surface area contributed by atoms with E-state index in [1.54, 1.807) is 17.0 Å². The van der Waals surface area contributed by atoms with Crippen LogP contribution in [0.15, 0.2) is 23.1 Å². The first-order valence-electron chi connectivity index (χ1n) is 7.87. The number of benzene rings is 1. The molecule has 0 saturated carbocycles. The molecule has 1 atom stereocenters. The van der Waals surface area contributed by atoms with Crippen molar-refractivity contribution in [2.45, 2.75) is 23.8 Å². The zero-order valence-corrected chi connectivity index (χ0v) is 16.6. The molecule has 3 rings (SSSR count). The third kappa shape index (κ3) is 4.23. The van der Waals surface area contributed by atoms with Crippen LogP contribution in [0.3, 0.4) is 0 Å². The third-order valence-corrected chi connectivity index (χ3v) is 7.31. The van der Waals surface area contributed by atoms with Gasteiger partial charge >= 0.3 is 0 Å². The molecule has 25 heavy (non-hydrogen) atoms. The fraction of sp³-hybridized carbons (Fsp3) is 0.533. The highest BCUT2D eigenvalue weighted by Crippen LogP contribution is 2.31. The van der Waals surface area contributed by atoms with Crippen LogP contribution in [0.1, 0.15) is 12.8 Å².